The van der Waals surface area contributed by atoms with Crippen LogP contribution in [-0.4, -0.2) is 31.5 Å². The molecule has 0 saturated carbocycles. The monoisotopic (exact) mass is 450 g/mol. The molecular formula is C24H20ClFN4O2. The molecule has 1 amide bonds. The van der Waals surface area contributed by atoms with Gasteiger partial charge in [0, 0.05) is 18.2 Å². The van der Waals surface area contributed by atoms with Crippen LogP contribution in [0.2, 0.25) is 5.02 Å². The largest absolute Gasteiger partial charge is 0.336 e. The van der Waals surface area contributed by atoms with Gasteiger partial charge < -0.3 is 4.90 Å². The number of fused-ring (bicyclic) bond motifs is 3. The van der Waals surface area contributed by atoms with Gasteiger partial charge >= 0.3 is 0 Å². The Morgan fingerprint density at radius 2 is 1.91 bits per heavy atom. The number of rotatable bonds is 4. The number of carbonyl (C=O) groups is 1. The van der Waals surface area contributed by atoms with Crippen molar-refractivity contribution in [3.8, 4) is 0 Å². The minimum atomic E-state index is -0.511. The standard InChI is InChI=1S/C24H20ClFN4O2/c25-19-12-17(6-7-20(19)26)13-23(31)28-11-9-18-21(15-28)30-22(8-10-27-30)29(24(18)32)14-16-4-2-1-3-5-16/h1-8,10,12H,9,11,13-15H2. The van der Waals surface area contributed by atoms with Gasteiger partial charge in [0.05, 0.1) is 36.4 Å². The molecule has 2 aromatic heterocycles. The number of aromatic nitrogens is 3. The molecule has 162 valence electrons. The van der Waals surface area contributed by atoms with E-state index in [0.29, 0.717) is 42.8 Å². The molecule has 0 aliphatic carbocycles. The zero-order valence-electron chi connectivity index (χ0n) is 17.2. The van der Waals surface area contributed by atoms with Gasteiger partial charge in [-0.2, -0.15) is 5.10 Å². The summed E-state index contributed by atoms with van der Waals surface area (Å²) in [5, 5.41) is 4.43. The fourth-order valence-corrected chi connectivity index (χ4v) is 4.42. The summed E-state index contributed by atoms with van der Waals surface area (Å²) < 4.78 is 16.9. The molecule has 4 aromatic rings. The van der Waals surface area contributed by atoms with E-state index in [9.17, 15) is 14.0 Å². The fraction of sp³-hybridized carbons (Fsp3) is 0.208. The second-order valence-corrected chi connectivity index (χ2v) is 8.30. The lowest BCUT2D eigenvalue weighted by atomic mass is 10.0. The highest BCUT2D eigenvalue weighted by molar-refractivity contribution is 6.30. The topological polar surface area (TPSA) is 59.6 Å². The Kier molecular flexibility index (Phi) is 5.27. The lowest BCUT2D eigenvalue weighted by Crippen LogP contribution is -2.42. The number of amides is 1. The van der Waals surface area contributed by atoms with Crippen molar-refractivity contribution in [2.75, 3.05) is 6.54 Å². The third-order valence-corrected chi connectivity index (χ3v) is 6.14. The van der Waals surface area contributed by atoms with Gasteiger partial charge in [0.15, 0.2) is 0 Å². The smallest absolute Gasteiger partial charge is 0.257 e. The first-order chi connectivity index (χ1) is 15.5. The third kappa shape index (κ3) is 3.69. The minimum Gasteiger partial charge on any atom is -0.336 e. The summed E-state index contributed by atoms with van der Waals surface area (Å²) in [6.45, 7) is 1.19. The van der Waals surface area contributed by atoms with Gasteiger partial charge in [-0.3, -0.25) is 14.2 Å². The van der Waals surface area contributed by atoms with Crippen LogP contribution in [0.25, 0.3) is 5.65 Å². The van der Waals surface area contributed by atoms with Crippen molar-refractivity contribution in [1.82, 2.24) is 19.1 Å². The zero-order chi connectivity index (χ0) is 22.2. The quantitative estimate of drug-likeness (QED) is 0.478. The molecule has 0 bridgehead atoms. The average Bonchev–Trinajstić information content (AvgIpc) is 3.29. The highest BCUT2D eigenvalue weighted by Crippen LogP contribution is 2.21. The van der Waals surface area contributed by atoms with Gasteiger partial charge in [0.2, 0.25) is 5.91 Å². The maximum atomic E-state index is 13.4. The number of benzene rings is 2. The van der Waals surface area contributed by atoms with Crippen LogP contribution in [0.1, 0.15) is 22.4 Å². The van der Waals surface area contributed by atoms with Crippen LogP contribution >= 0.6 is 11.6 Å². The molecule has 0 atom stereocenters. The Labute approximate surface area is 188 Å². The normalized spacial score (nSPS) is 13.4. The minimum absolute atomic E-state index is 0.00323. The molecule has 8 heteroatoms. The summed E-state index contributed by atoms with van der Waals surface area (Å²) in [7, 11) is 0. The first kappa shape index (κ1) is 20.5. The van der Waals surface area contributed by atoms with Crippen LogP contribution in [0.4, 0.5) is 4.39 Å². The van der Waals surface area contributed by atoms with Crippen molar-refractivity contribution in [3.05, 3.63) is 104 Å². The molecule has 0 spiro atoms. The van der Waals surface area contributed by atoms with Gasteiger partial charge in [0.1, 0.15) is 11.5 Å². The number of nitrogens with zero attached hydrogens (tertiary/aromatic N) is 4. The van der Waals surface area contributed by atoms with E-state index < -0.39 is 5.82 Å². The molecule has 1 aliphatic heterocycles. The molecule has 0 saturated heterocycles. The SMILES string of the molecule is O=C(Cc1ccc(F)c(Cl)c1)N1CCc2c(n3nccc3n(Cc3ccccc3)c2=O)C1. The molecule has 0 N–H and O–H groups in total. The number of hydrogen-bond acceptors (Lipinski definition) is 3. The lowest BCUT2D eigenvalue weighted by Gasteiger charge is -2.29. The molecule has 0 radical (unpaired) electrons. The van der Waals surface area contributed by atoms with Gasteiger partial charge in [0.25, 0.3) is 5.56 Å². The second-order valence-electron chi connectivity index (χ2n) is 7.89. The molecular weight excluding hydrogens is 431 g/mol. The van der Waals surface area contributed by atoms with Crippen molar-refractivity contribution in [2.45, 2.75) is 25.9 Å². The second kappa shape index (κ2) is 8.24. The third-order valence-electron chi connectivity index (χ3n) is 5.85. The summed E-state index contributed by atoms with van der Waals surface area (Å²) >= 11 is 5.84. The van der Waals surface area contributed by atoms with Crippen LogP contribution in [-0.2, 0) is 30.7 Å². The predicted molar refractivity (Wildman–Crippen MR) is 119 cm³/mol. The van der Waals surface area contributed by atoms with E-state index in [0.717, 1.165) is 11.3 Å². The Hall–Kier alpha value is -3.45. The predicted octanol–water partition coefficient (Wildman–Crippen LogP) is 3.46. The summed E-state index contributed by atoms with van der Waals surface area (Å²) in [4.78, 5) is 28.0. The van der Waals surface area contributed by atoms with Crippen LogP contribution < -0.4 is 5.56 Å². The molecule has 5 rings (SSSR count). The zero-order valence-corrected chi connectivity index (χ0v) is 17.9. The molecule has 1 aliphatic rings. The van der Waals surface area contributed by atoms with Crippen LogP contribution in [0, 0.1) is 5.82 Å². The molecule has 2 aromatic carbocycles. The van der Waals surface area contributed by atoms with Crippen LogP contribution in [0.3, 0.4) is 0 Å². The molecule has 0 fully saturated rings. The number of hydrogen-bond donors (Lipinski definition) is 0. The van der Waals surface area contributed by atoms with Gasteiger partial charge in [-0.05, 0) is 29.7 Å². The fourth-order valence-electron chi connectivity index (χ4n) is 4.21. The Bertz CT molecular complexity index is 1380. The highest BCUT2D eigenvalue weighted by Gasteiger charge is 2.27. The molecule has 6 nitrogen and oxygen atoms in total. The van der Waals surface area contributed by atoms with Crippen molar-refractivity contribution < 1.29 is 9.18 Å². The summed E-state index contributed by atoms with van der Waals surface area (Å²) in [5.41, 5.74) is 3.74. The average molecular weight is 451 g/mol. The van der Waals surface area contributed by atoms with Crippen LogP contribution in [0.5, 0.6) is 0 Å². The Morgan fingerprint density at radius 1 is 1.09 bits per heavy atom. The van der Waals surface area contributed by atoms with Gasteiger partial charge in [-0.1, -0.05) is 48.0 Å². The number of halogens is 2. The van der Waals surface area contributed by atoms with E-state index in [2.05, 4.69) is 5.10 Å². The first-order valence-electron chi connectivity index (χ1n) is 10.3. The molecule has 3 heterocycles. The van der Waals surface area contributed by atoms with E-state index in [4.69, 9.17) is 11.6 Å². The molecule has 32 heavy (non-hydrogen) atoms. The lowest BCUT2D eigenvalue weighted by molar-refractivity contribution is -0.131. The maximum absolute atomic E-state index is 13.4. The Morgan fingerprint density at radius 3 is 2.69 bits per heavy atom. The van der Waals surface area contributed by atoms with Crippen molar-refractivity contribution >= 4 is 23.2 Å². The van der Waals surface area contributed by atoms with E-state index >= 15 is 0 Å². The van der Waals surface area contributed by atoms with Crippen molar-refractivity contribution in [1.29, 1.82) is 0 Å². The number of carbonyl (C=O) groups excluding carboxylic acids is 1. The van der Waals surface area contributed by atoms with Crippen molar-refractivity contribution in [3.63, 3.8) is 0 Å². The van der Waals surface area contributed by atoms with E-state index in [1.54, 1.807) is 26.2 Å². The van der Waals surface area contributed by atoms with E-state index in [1.807, 2.05) is 36.4 Å². The van der Waals surface area contributed by atoms with Gasteiger partial charge in [-0.25, -0.2) is 8.91 Å². The maximum Gasteiger partial charge on any atom is 0.257 e. The van der Waals surface area contributed by atoms with E-state index in [1.165, 1.54) is 12.1 Å². The summed E-state index contributed by atoms with van der Waals surface area (Å²) in [5.74, 6) is -0.616. The van der Waals surface area contributed by atoms with Crippen LogP contribution in [0.15, 0.2) is 65.6 Å². The first-order valence-corrected chi connectivity index (χ1v) is 10.7. The van der Waals surface area contributed by atoms with Gasteiger partial charge in [-0.15, -0.1) is 0 Å². The Balaban J connectivity index is 1.45. The molecule has 0 unspecified atom stereocenters. The summed E-state index contributed by atoms with van der Waals surface area (Å²) in [6, 6.07) is 15.9. The summed E-state index contributed by atoms with van der Waals surface area (Å²) in [6.07, 6.45) is 2.23. The van der Waals surface area contributed by atoms with Crippen molar-refractivity contribution in [2.24, 2.45) is 0 Å². The van der Waals surface area contributed by atoms with E-state index in [-0.39, 0.29) is 22.9 Å². The highest BCUT2D eigenvalue weighted by atomic mass is 35.5.